The second kappa shape index (κ2) is 5.72. The minimum atomic E-state index is -0.543. The molecule has 1 aromatic carbocycles. The fourth-order valence-corrected chi connectivity index (χ4v) is 1.58. The smallest absolute Gasteiger partial charge is 0.307 e. The molecule has 1 rings (SSSR count). The van der Waals surface area contributed by atoms with Gasteiger partial charge in [0.25, 0.3) is 0 Å². The summed E-state index contributed by atoms with van der Waals surface area (Å²) in [5, 5.41) is 0. The summed E-state index contributed by atoms with van der Waals surface area (Å²) in [6.07, 6.45) is -0.0239. The van der Waals surface area contributed by atoms with Gasteiger partial charge in [0.1, 0.15) is 11.6 Å². The number of carbonyl (C=O) groups is 1. The SMILES string of the molecule is COC(=O)CC(c1cc(F)ccc1F)N(C)C. The predicted octanol–water partition coefficient (Wildman–Crippen LogP) is 2.13. The normalized spacial score (nSPS) is 12.6. The molecule has 1 aromatic rings. The molecule has 0 aliphatic carbocycles. The molecule has 17 heavy (non-hydrogen) atoms. The van der Waals surface area contributed by atoms with Crippen molar-refractivity contribution < 1.29 is 18.3 Å². The molecule has 0 heterocycles. The van der Waals surface area contributed by atoms with E-state index in [9.17, 15) is 13.6 Å². The van der Waals surface area contributed by atoms with E-state index in [2.05, 4.69) is 4.74 Å². The topological polar surface area (TPSA) is 29.5 Å². The van der Waals surface area contributed by atoms with Gasteiger partial charge in [0.15, 0.2) is 0 Å². The predicted molar refractivity (Wildman–Crippen MR) is 59.4 cm³/mol. The maximum Gasteiger partial charge on any atom is 0.307 e. The second-order valence-corrected chi connectivity index (χ2v) is 3.93. The molecule has 0 spiro atoms. The number of hydrogen-bond acceptors (Lipinski definition) is 3. The molecule has 0 saturated heterocycles. The van der Waals surface area contributed by atoms with Crippen LogP contribution < -0.4 is 0 Å². The molecule has 94 valence electrons. The molecule has 5 heteroatoms. The summed E-state index contributed by atoms with van der Waals surface area (Å²) in [6, 6.07) is 2.66. The van der Waals surface area contributed by atoms with Crippen LogP contribution in [0.4, 0.5) is 8.78 Å². The molecule has 1 atom stereocenters. The first kappa shape index (κ1) is 13.6. The fourth-order valence-electron chi connectivity index (χ4n) is 1.58. The van der Waals surface area contributed by atoms with E-state index in [1.165, 1.54) is 7.11 Å². The van der Waals surface area contributed by atoms with Crippen molar-refractivity contribution >= 4 is 5.97 Å². The van der Waals surface area contributed by atoms with Crippen molar-refractivity contribution in [2.75, 3.05) is 21.2 Å². The Morgan fingerprint density at radius 1 is 1.41 bits per heavy atom. The highest BCUT2D eigenvalue weighted by Crippen LogP contribution is 2.25. The molecule has 0 amide bonds. The highest BCUT2D eigenvalue weighted by Gasteiger charge is 2.22. The van der Waals surface area contributed by atoms with Gasteiger partial charge in [0.05, 0.1) is 13.5 Å². The van der Waals surface area contributed by atoms with E-state index in [1.807, 2.05) is 0 Å². The van der Waals surface area contributed by atoms with Crippen LogP contribution in [0.5, 0.6) is 0 Å². The molecule has 0 N–H and O–H groups in total. The zero-order valence-electron chi connectivity index (χ0n) is 10.0. The Morgan fingerprint density at radius 2 is 2.06 bits per heavy atom. The number of carbonyl (C=O) groups excluding carboxylic acids is 1. The van der Waals surface area contributed by atoms with Crippen molar-refractivity contribution in [2.24, 2.45) is 0 Å². The number of methoxy groups -OCH3 is 1. The van der Waals surface area contributed by atoms with Gasteiger partial charge in [-0.05, 0) is 32.3 Å². The van der Waals surface area contributed by atoms with E-state index in [-0.39, 0.29) is 12.0 Å². The number of halogens is 2. The summed E-state index contributed by atoms with van der Waals surface area (Å²) in [4.78, 5) is 12.9. The number of rotatable bonds is 4. The largest absolute Gasteiger partial charge is 0.469 e. The average Bonchev–Trinajstić information content (AvgIpc) is 2.28. The maximum atomic E-state index is 13.6. The first-order valence-corrected chi connectivity index (χ1v) is 5.14. The summed E-state index contributed by atoms with van der Waals surface area (Å²) in [5.41, 5.74) is 0.153. The van der Waals surface area contributed by atoms with Crippen LogP contribution in [0.2, 0.25) is 0 Å². The zero-order valence-corrected chi connectivity index (χ0v) is 10.0. The van der Waals surface area contributed by atoms with Crippen LogP contribution in [-0.4, -0.2) is 32.1 Å². The summed E-state index contributed by atoms with van der Waals surface area (Å²) in [7, 11) is 4.65. The van der Waals surface area contributed by atoms with E-state index < -0.39 is 23.6 Å². The van der Waals surface area contributed by atoms with Gasteiger partial charge >= 0.3 is 5.97 Å². The first-order valence-electron chi connectivity index (χ1n) is 5.14. The lowest BCUT2D eigenvalue weighted by Crippen LogP contribution is -2.24. The van der Waals surface area contributed by atoms with Gasteiger partial charge in [0, 0.05) is 11.6 Å². The molecule has 0 aromatic heterocycles. The quantitative estimate of drug-likeness (QED) is 0.759. The number of ether oxygens (including phenoxy) is 1. The van der Waals surface area contributed by atoms with Crippen molar-refractivity contribution in [1.82, 2.24) is 4.90 Å². The fraction of sp³-hybridized carbons (Fsp3) is 0.417. The highest BCUT2D eigenvalue weighted by molar-refractivity contribution is 5.70. The molecular formula is C12H15F2NO2. The van der Waals surface area contributed by atoms with E-state index in [0.717, 1.165) is 18.2 Å². The summed E-state index contributed by atoms with van der Waals surface area (Å²) < 4.78 is 31.2. The molecule has 0 saturated carbocycles. The van der Waals surface area contributed by atoms with Gasteiger partial charge in [-0.2, -0.15) is 0 Å². The number of esters is 1. The van der Waals surface area contributed by atoms with Crippen molar-refractivity contribution in [3.63, 3.8) is 0 Å². The Labute approximate surface area is 99.0 Å². The molecule has 0 bridgehead atoms. The zero-order chi connectivity index (χ0) is 13.0. The molecular weight excluding hydrogens is 228 g/mol. The number of nitrogens with zero attached hydrogens (tertiary/aromatic N) is 1. The third kappa shape index (κ3) is 3.49. The van der Waals surface area contributed by atoms with Gasteiger partial charge in [0.2, 0.25) is 0 Å². The van der Waals surface area contributed by atoms with Gasteiger partial charge in [-0.1, -0.05) is 0 Å². The van der Waals surface area contributed by atoms with Crippen LogP contribution >= 0.6 is 0 Å². The third-order valence-electron chi connectivity index (χ3n) is 2.53. The summed E-state index contributed by atoms with van der Waals surface area (Å²) in [6.45, 7) is 0. The average molecular weight is 243 g/mol. The van der Waals surface area contributed by atoms with Crippen LogP contribution in [0, 0.1) is 11.6 Å². The summed E-state index contributed by atoms with van der Waals surface area (Å²) in [5.74, 6) is -1.53. The van der Waals surface area contributed by atoms with Crippen LogP contribution in [-0.2, 0) is 9.53 Å². The molecule has 3 nitrogen and oxygen atoms in total. The molecule has 0 aliphatic heterocycles. The summed E-state index contributed by atoms with van der Waals surface area (Å²) >= 11 is 0. The van der Waals surface area contributed by atoms with Gasteiger partial charge < -0.3 is 9.64 Å². The van der Waals surface area contributed by atoms with E-state index in [4.69, 9.17) is 0 Å². The maximum absolute atomic E-state index is 13.6. The highest BCUT2D eigenvalue weighted by atomic mass is 19.1. The standard InChI is InChI=1S/C12H15F2NO2/c1-15(2)11(7-12(16)17-3)9-6-8(13)4-5-10(9)14/h4-6,11H,7H2,1-3H3. The first-order chi connectivity index (χ1) is 7.95. The Morgan fingerprint density at radius 3 is 2.59 bits per heavy atom. The van der Waals surface area contributed by atoms with Crippen molar-refractivity contribution in [1.29, 1.82) is 0 Å². The molecule has 0 radical (unpaired) electrons. The Bertz CT molecular complexity index is 407. The molecule has 0 fully saturated rings. The van der Waals surface area contributed by atoms with Crippen LogP contribution in [0.25, 0.3) is 0 Å². The Hall–Kier alpha value is -1.49. The van der Waals surface area contributed by atoms with Gasteiger partial charge in [-0.3, -0.25) is 4.79 Å². The van der Waals surface area contributed by atoms with Crippen LogP contribution in [0.1, 0.15) is 18.0 Å². The lowest BCUT2D eigenvalue weighted by atomic mass is 10.0. The number of hydrogen-bond donors (Lipinski definition) is 0. The van der Waals surface area contributed by atoms with Gasteiger partial charge in [-0.15, -0.1) is 0 Å². The van der Waals surface area contributed by atoms with Crippen molar-refractivity contribution in [3.05, 3.63) is 35.4 Å². The van der Waals surface area contributed by atoms with Crippen LogP contribution in [0.15, 0.2) is 18.2 Å². The monoisotopic (exact) mass is 243 g/mol. The number of benzene rings is 1. The van der Waals surface area contributed by atoms with Crippen molar-refractivity contribution in [3.8, 4) is 0 Å². The Kier molecular flexibility index (Phi) is 4.57. The second-order valence-electron chi connectivity index (χ2n) is 3.93. The Balaban J connectivity index is 3.05. The lowest BCUT2D eigenvalue weighted by molar-refractivity contribution is -0.141. The van der Waals surface area contributed by atoms with E-state index in [1.54, 1.807) is 19.0 Å². The van der Waals surface area contributed by atoms with E-state index in [0.29, 0.717) is 0 Å². The van der Waals surface area contributed by atoms with Crippen LogP contribution in [0.3, 0.4) is 0 Å². The molecule has 1 unspecified atom stereocenters. The molecule has 0 aliphatic rings. The lowest BCUT2D eigenvalue weighted by Gasteiger charge is -2.24. The minimum Gasteiger partial charge on any atom is -0.469 e. The van der Waals surface area contributed by atoms with Crippen molar-refractivity contribution in [2.45, 2.75) is 12.5 Å². The minimum absolute atomic E-state index is 0.0239. The van der Waals surface area contributed by atoms with Gasteiger partial charge in [-0.25, -0.2) is 8.78 Å². The van der Waals surface area contributed by atoms with E-state index >= 15 is 0 Å². The third-order valence-corrected chi connectivity index (χ3v) is 2.53.